The minimum absolute atomic E-state index is 0.579. The van der Waals surface area contributed by atoms with Crippen LogP contribution in [0.2, 0.25) is 0 Å². The van der Waals surface area contributed by atoms with E-state index < -0.39 is 11.9 Å². The van der Waals surface area contributed by atoms with Gasteiger partial charge in [-0.2, -0.15) is 0 Å². The summed E-state index contributed by atoms with van der Waals surface area (Å²) in [6, 6.07) is 36.9. The van der Waals surface area contributed by atoms with Crippen molar-refractivity contribution in [3.63, 3.8) is 0 Å². The number of ether oxygens (including phenoxy) is 1. The maximum absolute atomic E-state index is 9.92. The van der Waals surface area contributed by atoms with Gasteiger partial charge in [-0.15, -0.1) is 0 Å². The molecule has 4 unspecified atom stereocenters. The molecule has 4 aromatic carbocycles. The van der Waals surface area contributed by atoms with Gasteiger partial charge in [0.1, 0.15) is 0 Å². The topological polar surface area (TPSA) is 43.4 Å². The van der Waals surface area contributed by atoms with E-state index in [1.54, 1.807) is 0 Å². The molecule has 2 bridgehead atoms. The third kappa shape index (κ3) is 12.2. The van der Waals surface area contributed by atoms with Gasteiger partial charge in [-0.05, 0) is 90.2 Å². The van der Waals surface area contributed by atoms with Gasteiger partial charge in [-0.3, -0.25) is 0 Å². The molecular weight excluding hydrogens is 637 g/mol. The van der Waals surface area contributed by atoms with Gasteiger partial charge in [0, 0.05) is 12.2 Å². The number of esters is 2. The standard InChI is InChI=1S/C10H12.C9H8.2C9H10.C8H8.C4H2O3/c1-2-9-7-4-5-8(6-7)10(9)3-1;1-2-5-9-7-3-6-8(9)4-1;1-8(2)9-6-4-3-5-7-9;1-3-9-7-5-4-6-8(9)2;1-2-8-6-4-3-5-7-8;5-3-1-2-4(6)7-3/h1-2,4-5,7-10H,3,6H2;1-6H,7H2;2*3-7H,1H2,2H3;2-7H,1H2;1-2H. The molecule has 5 aliphatic rings. The van der Waals surface area contributed by atoms with Crippen molar-refractivity contribution in [2.45, 2.75) is 33.1 Å². The van der Waals surface area contributed by atoms with Crippen molar-refractivity contribution in [2.24, 2.45) is 23.7 Å². The Bertz CT molecular complexity index is 1890. The Balaban J connectivity index is 0.000000140. The summed E-state index contributed by atoms with van der Waals surface area (Å²) in [4.78, 5) is 19.8. The zero-order valence-electron chi connectivity index (χ0n) is 30.4. The Morgan fingerprint density at radius 1 is 0.692 bits per heavy atom. The Labute approximate surface area is 310 Å². The number of benzene rings is 4. The second kappa shape index (κ2) is 20.8. The number of fused-ring (bicyclic) bond motifs is 6. The summed E-state index contributed by atoms with van der Waals surface area (Å²) in [5, 5.41) is 0. The predicted octanol–water partition coefficient (Wildman–Crippen LogP) is 12.0. The van der Waals surface area contributed by atoms with Crippen LogP contribution in [-0.4, -0.2) is 11.9 Å². The fraction of sp³-hybridized carbons (Fsp3) is 0.184. The second-order valence-corrected chi connectivity index (χ2v) is 13.1. The molecule has 4 aliphatic carbocycles. The third-order valence-corrected chi connectivity index (χ3v) is 9.41. The number of carbonyl (C=O) groups is 2. The monoisotopic (exact) mass is 686 g/mol. The number of hydrogen-bond acceptors (Lipinski definition) is 3. The van der Waals surface area contributed by atoms with E-state index in [-0.39, 0.29) is 0 Å². The van der Waals surface area contributed by atoms with E-state index in [1.807, 2.05) is 79.7 Å². The molecule has 3 heteroatoms. The van der Waals surface area contributed by atoms with Crippen molar-refractivity contribution in [3.05, 3.63) is 205 Å². The summed E-state index contributed by atoms with van der Waals surface area (Å²) in [7, 11) is 0. The molecule has 264 valence electrons. The van der Waals surface area contributed by atoms with E-state index in [0.717, 1.165) is 47.8 Å². The number of carbonyl (C=O) groups excluding carboxylic acids is 2. The molecule has 0 N–H and O–H groups in total. The summed E-state index contributed by atoms with van der Waals surface area (Å²) in [6.07, 6.45) is 23.9. The second-order valence-electron chi connectivity index (χ2n) is 13.1. The summed E-state index contributed by atoms with van der Waals surface area (Å²) < 4.78 is 3.97. The normalized spacial score (nSPS) is 19.7. The smallest absolute Gasteiger partial charge is 0.338 e. The lowest BCUT2D eigenvalue weighted by Crippen LogP contribution is -2.12. The average molecular weight is 687 g/mol. The van der Waals surface area contributed by atoms with Crippen LogP contribution >= 0.6 is 0 Å². The molecule has 0 spiro atoms. The molecule has 4 atom stereocenters. The molecule has 1 saturated carbocycles. The molecule has 0 radical (unpaired) electrons. The first-order chi connectivity index (χ1) is 25.3. The first kappa shape index (κ1) is 39.0. The van der Waals surface area contributed by atoms with Crippen LogP contribution < -0.4 is 0 Å². The van der Waals surface area contributed by atoms with E-state index >= 15 is 0 Å². The van der Waals surface area contributed by atoms with Crippen LogP contribution in [0, 0.1) is 30.6 Å². The van der Waals surface area contributed by atoms with Gasteiger partial charge in [0.05, 0.1) is 0 Å². The summed E-state index contributed by atoms with van der Waals surface area (Å²) in [6.45, 7) is 15.2. The SMILES string of the molecule is C1=CC2C3C=CC(C3)C2C1.C1=Cc2ccccc2C1.C=C(C)c1ccccc1.C=Cc1ccccc1.C=Cc1ccccc1C.O=C1C=CC(=O)O1. The van der Waals surface area contributed by atoms with E-state index in [9.17, 15) is 9.59 Å². The number of cyclic esters (lactones) is 2. The molecule has 0 amide bonds. The molecule has 0 aromatic heterocycles. The van der Waals surface area contributed by atoms with Gasteiger partial charge in [0.2, 0.25) is 0 Å². The Hall–Kier alpha value is -5.80. The highest BCUT2D eigenvalue weighted by molar-refractivity contribution is 6.04. The Morgan fingerprint density at radius 3 is 1.83 bits per heavy atom. The van der Waals surface area contributed by atoms with Crippen LogP contribution in [0.15, 0.2) is 171 Å². The Morgan fingerprint density at radius 2 is 1.31 bits per heavy atom. The number of hydrogen-bond donors (Lipinski definition) is 0. The minimum Gasteiger partial charge on any atom is -0.387 e. The molecule has 3 nitrogen and oxygen atoms in total. The fourth-order valence-corrected chi connectivity index (χ4v) is 6.60. The molecule has 0 saturated heterocycles. The molecule has 52 heavy (non-hydrogen) atoms. The number of rotatable bonds is 3. The lowest BCUT2D eigenvalue weighted by Gasteiger charge is -2.18. The summed E-state index contributed by atoms with van der Waals surface area (Å²) in [5.41, 5.74) is 8.86. The first-order valence-corrected chi connectivity index (χ1v) is 17.9. The minimum atomic E-state index is -0.579. The molecular formula is C49H50O3. The van der Waals surface area contributed by atoms with E-state index in [0.29, 0.717) is 0 Å². The molecule has 1 aliphatic heterocycles. The quantitative estimate of drug-likeness (QED) is 0.122. The maximum Gasteiger partial charge on any atom is 0.338 e. The molecule has 1 fully saturated rings. The van der Waals surface area contributed by atoms with Crippen molar-refractivity contribution >= 4 is 35.7 Å². The fourth-order valence-electron chi connectivity index (χ4n) is 6.60. The lowest BCUT2D eigenvalue weighted by molar-refractivity contribution is -0.150. The zero-order valence-corrected chi connectivity index (χ0v) is 30.4. The third-order valence-electron chi connectivity index (χ3n) is 9.41. The van der Waals surface area contributed by atoms with Crippen molar-refractivity contribution in [1.29, 1.82) is 0 Å². The highest BCUT2D eigenvalue weighted by Crippen LogP contribution is 2.52. The van der Waals surface area contributed by atoms with Crippen molar-refractivity contribution < 1.29 is 14.3 Å². The highest BCUT2D eigenvalue weighted by Gasteiger charge is 2.44. The first-order valence-electron chi connectivity index (χ1n) is 17.9. The van der Waals surface area contributed by atoms with Crippen LogP contribution in [0.4, 0.5) is 0 Å². The summed E-state index contributed by atoms with van der Waals surface area (Å²) in [5.74, 6) is 2.67. The van der Waals surface area contributed by atoms with Crippen LogP contribution in [0.1, 0.15) is 53.1 Å². The molecule has 9 rings (SSSR count). The van der Waals surface area contributed by atoms with Crippen LogP contribution in [0.25, 0.3) is 23.8 Å². The van der Waals surface area contributed by atoms with Gasteiger partial charge >= 0.3 is 11.9 Å². The number of allylic oxidation sites excluding steroid dienone is 6. The number of aryl methyl sites for hydroxylation is 1. The van der Waals surface area contributed by atoms with Crippen LogP contribution in [-0.2, 0) is 20.7 Å². The average Bonchev–Trinajstić information content (AvgIpc) is 4.04. The maximum atomic E-state index is 9.92. The van der Waals surface area contributed by atoms with E-state index in [1.165, 1.54) is 46.2 Å². The zero-order chi connectivity index (χ0) is 37.1. The van der Waals surface area contributed by atoms with Crippen molar-refractivity contribution in [2.75, 3.05) is 0 Å². The Kier molecular flexibility index (Phi) is 15.6. The van der Waals surface area contributed by atoms with Gasteiger partial charge in [-0.1, -0.05) is 183 Å². The largest absolute Gasteiger partial charge is 0.387 e. The van der Waals surface area contributed by atoms with Crippen LogP contribution in [0.3, 0.4) is 0 Å². The van der Waals surface area contributed by atoms with Crippen molar-refractivity contribution in [3.8, 4) is 0 Å². The lowest BCUT2D eigenvalue weighted by atomic mass is 9.86. The molecule has 1 heterocycles. The van der Waals surface area contributed by atoms with Crippen molar-refractivity contribution in [1.82, 2.24) is 0 Å². The molecule has 4 aromatic rings. The predicted molar refractivity (Wildman–Crippen MR) is 220 cm³/mol. The van der Waals surface area contributed by atoms with E-state index in [2.05, 4.69) is 116 Å². The van der Waals surface area contributed by atoms with Gasteiger partial charge < -0.3 is 4.74 Å². The van der Waals surface area contributed by atoms with E-state index in [4.69, 9.17) is 0 Å². The van der Waals surface area contributed by atoms with Gasteiger partial charge in [0.25, 0.3) is 0 Å². The highest BCUT2D eigenvalue weighted by atomic mass is 16.6. The van der Waals surface area contributed by atoms with Crippen LogP contribution in [0.5, 0.6) is 0 Å². The summed E-state index contributed by atoms with van der Waals surface area (Å²) >= 11 is 0. The van der Waals surface area contributed by atoms with Gasteiger partial charge in [-0.25, -0.2) is 9.59 Å². The van der Waals surface area contributed by atoms with Gasteiger partial charge in [0.15, 0.2) is 0 Å².